The molecule has 0 aromatic heterocycles. The fourth-order valence-electron chi connectivity index (χ4n) is 1.25. The zero-order chi connectivity index (χ0) is 8.70. The van der Waals surface area contributed by atoms with Crippen molar-refractivity contribution in [3.63, 3.8) is 0 Å². The summed E-state index contributed by atoms with van der Waals surface area (Å²) in [4.78, 5) is 0. The first-order chi connectivity index (χ1) is 4.86. The smallest absolute Gasteiger partial charge is 0.158 e. The summed E-state index contributed by atoms with van der Waals surface area (Å²) >= 11 is 6.49. The van der Waals surface area contributed by atoms with Gasteiger partial charge in [-0.05, 0) is 19.5 Å². The SMILES string of the molecule is C[Si](C)(Cl)[Si](C)(C)N1CCC1. The van der Waals surface area contributed by atoms with E-state index < -0.39 is 14.7 Å². The Morgan fingerprint density at radius 3 is 1.64 bits per heavy atom. The summed E-state index contributed by atoms with van der Waals surface area (Å²) in [5.74, 6) is 0. The average Bonchev–Trinajstić information content (AvgIpc) is 1.53. The van der Waals surface area contributed by atoms with Crippen LogP contribution < -0.4 is 0 Å². The predicted octanol–water partition coefficient (Wildman–Crippen LogP) is 2.42. The normalized spacial score (nSPS) is 21.5. The third kappa shape index (κ3) is 1.71. The fraction of sp³-hybridized carbons (Fsp3) is 1.00. The largest absolute Gasteiger partial charge is 0.324 e. The van der Waals surface area contributed by atoms with Crippen LogP contribution in [0.25, 0.3) is 0 Å². The fourth-order valence-corrected chi connectivity index (χ4v) is 7.44. The van der Waals surface area contributed by atoms with Crippen LogP contribution in [0.1, 0.15) is 6.42 Å². The molecule has 1 aliphatic rings. The van der Waals surface area contributed by atoms with Gasteiger partial charge >= 0.3 is 0 Å². The summed E-state index contributed by atoms with van der Waals surface area (Å²) in [6.07, 6.45) is 1.39. The molecule has 1 saturated heterocycles. The van der Waals surface area contributed by atoms with E-state index >= 15 is 0 Å². The molecule has 1 heterocycles. The molecule has 0 saturated carbocycles. The van der Waals surface area contributed by atoms with E-state index in [1.165, 1.54) is 19.5 Å². The number of halogens is 1. The maximum absolute atomic E-state index is 6.49. The Morgan fingerprint density at radius 2 is 1.55 bits per heavy atom. The molecule has 0 aromatic rings. The average molecular weight is 208 g/mol. The zero-order valence-electron chi connectivity index (χ0n) is 7.95. The van der Waals surface area contributed by atoms with Crippen LogP contribution in [0.5, 0.6) is 0 Å². The first-order valence-electron chi connectivity index (χ1n) is 4.30. The van der Waals surface area contributed by atoms with Crippen molar-refractivity contribution in [3.05, 3.63) is 0 Å². The first-order valence-corrected chi connectivity index (χ1v) is 12.3. The maximum Gasteiger partial charge on any atom is 0.158 e. The summed E-state index contributed by atoms with van der Waals surface area (Å²) < 4.78 is 2.65. The van der Waals surface area contributed by atoms with E-state index in [1.54, 1.807) is 0 Å². The van der Waals surface area contributed by atoms with Gasteiger partial charge in [0.25, 0.3) is 0 Å². The van der Waals surface area contributed by atoms with Gasteiger partial charge in [0, 0.05) is 0 Å². The lowest BCUT2D eigenvalue weighted by Crippen LogP contribution is -2.67. The topological polar surface area (TPSA) is 3.24 Å². The minimum atomic E-state index is -1.38. The van der Waals surface area contributed by atoms with Crippen molar-refractivity contribution < 1.29 is 0 Å². The molecule has 0 atom stereocenters. The first kappa shape index (κ1) is 9.77. The summed E-state index contributed by atoms with van der Waals surface area (Å²) in [7, 11) is -1.18. The molecule has 0 aliphatic carbocycles. The van der Waals surface area contributed by atoms with E-state index in [-0.39, 0.29) is 0 Å². The van der Waals surface area contributed by atoms with Crippen LogP contribution in [-0.2, 0) is 0 Å². The van der Waals surface area contributed by atoms with Crippen LogP contribution in [-0.4, -0.2) is 32.3 Å². The molecule has 11 heavy (non-hydrogen) atoms. The van der Waals surface area contributed by atoms with Crippen LogP contribution in [0, 0.1) is 0 Å². The minimum absolute atomic E-state index is 1.18. The second-order valence-corrected chi connectivity index (χ2v) is 22.3. The van der Waals surface area contributed by atoms with Crippen molar-refractivity contribution >= 4 is 25.7 Å². The van der Waals surface area contributed by atoms with Crippen molar-refractivity contribution in [1.82, 2.24) is 4.57 Å². The van der Waals surface area contributed by atoms with Crippen molar-refractivity contribution in [2.75, 3.05) is 13.1 Å². The van der Waals surface area contributed by atoms with Gasteiger partial charge in [0.2, 0.25) is 0 Å². The summed E-state index contributed by atoms with van der Waals surface area (Å²) in [5, 5.41) is 0. The Balaban J connectivity index is 2.64. The van der Waals surface area contributed by atoms with Gasteiger partial charge < -0.3 is 4.57 Å². The van der Waals surface area contributed by atoms with Gasteiger partial charge in [0.1, 0.15) is 7.75 Å². The molecule has 0 N–H and O–H groups in total. The third-order valence-corrected chi connectivity index (χ3v) is 21.9. The van der Waals surface area contributed by atoms with E-state index in [0.717, 1.165) is 0 Å². The van der Waals surface area contributed by atoms with E-state index in [1.807, 2.05) is 0 Å². The monoisotopic (exact) mass is 207 g/mol. The van der Waals surface area contributed by atoms with Gasteiger partial charge in [0.15, 0.2) is 6.90 Å². The quantitative estimate of drug-likeness (QED) is 0.497. The lowest BCUT2D eigenvalue weighted by molar-refractivity contribution is 0.309. The number of hydrogen-bond acceptors (Lipinski definition) is 1. The van der Waals surface area contributed by atoms with E-state index in [2.05, 4.69) is 30.8 Å². The van der Waals surface area contributed by atoms with E-state index in [4.69, 9.17) is 11.1 Å². The molecule has 4 heteroatoms. The Labute approximate surface area is 76.3 Å². The Hall–Kier alpha value is 0.684. The summed E-state index contributed by atoms with van der Waals surface area (Å²) in [5.41, 5.74) is 0. The van der Waals surface area contributed by atoms with Gasteiger partial charge in [-0.3, -0.25) is 0 Å². The highest BCUT2D eigenvalue weighted by Gasteiger charge is 2.46. The molecule has 0 amide bonds. The number of hydrogen-bond donors (Lipinski definition) is 0. The third-order valence-electron chi connectivity index (χ3n) is 3.10. The van der Waals surface area contributed by atoms with Crippen LogP contribution in [0.4, 0.5) is 0 Å². The second-order valence-electron chi connectivity index (χ2n) is 4.37. The lowest BCUT2D eigenvalue weighted by Gasteiger charge is -2.48. The van der Waals surface area contributed by atoms with Crippen LogP contribution >= 0.6 is 11.1 Å². The molecule has 0 unspecified atom stereocenters. The van der Waals surface area contributed by atoms with Crippen molar-refractivity contribution in [1.29, 1.82) is 0 Å². The highest BCUT2D eigenvalue weighted by molar-refractivity contribution is 7.57. The minimum Gasteiger partial charge on any atom is -0.324 e. The molecule has 66 valence electrons. The lowest BCUT2D eigenvalue weighted by atomic mass is 10.3. The highest BCUT2D eigenvalue weighted by atomic mass is 35.6. The molecule has 0 radical (unpaired) electrons. The molecular formula is C7H18ClNSi2. The standard InChI is InChI=1S/C7H18ClNSi2/c1-10(2,8)11(3,4)9-6-5-7-9/h5-7H2,1-4H3. The van der Waals surface area contributed by atoms with Crippen LogP contribution in [0.3, 0.4) is 0 Å². The van der Waals surface area contributed by atoms with Crippen molar-refractivity contribution in [2.45, 2.75) is 32.6 Å². The Bertz CT molecular complexity index is 149. The molecule has 0 aromatic carbocycles. The number of rotatable bonds is 2. The predicted molar refractivity (Wildman–Crippen MR) is 57.0 cm³/mol. The van der Waals surface area contributed by atoms with Crippen LogP contribution in [0.2, 0.25) is 26.2 Å². The number of nitrogens with zero attached hydrogens (tertiary/aromatic N) is 1. The van der Waals surface area contributed by atoms with Crippen molar-refractivity contribution in [2.24, 2.45) is 0 Å². The summed E-state index contributed by atoms with van der Waals surface area (Å²) in [6, 6.07) is 0. The van der Waals surface area contributed by atoms with Crippen molar-refractivity contribution in [3.8, 4) is 0 Å². The molecular weight excluding hydrogens is 190 g/mol. The molecule has 0 spiro atoms. The van der Waals surface area contributed by atoms with E-state index in [9.17, 15) is 0 Å². The van der Waals surface area contributed by atoms with Gasteiger partial charge in [-0.2, -0.15) is 11.1 Å². The van der Waals surface area contributed by atoms with Gasteiger partial charge in [-0.1, -0.05) is 26.2 Å². The highest BCUT2D eigenvalue weighted by Crippen LogP contribution is 2.29. The van der Waals surface area contributed by atoms with E-state index in [0.29, 0.717) is 0 Å². The molecule has 1 rings (SSSR count). The molecule has 0 bridgehead atoms. The summed E-state index contributed by atoms with van der Waals surface area (Å²) in [6.45, 7) is 10.7. The van der Waals surface area contributed by atoms with Gasteiger partial charge in [0.05, 0.1) is 0 Å². The maximum atomic E-state index is 6.49. The Morgan fingerprint density at radius 1 is 1.09 bits per heavy atom. The molecule has 1 nitrogen and oxygen atoms in total. The molecule has 1 aliphatic heterocycles. The van der Waals surface area contributed by atoms with Crippen LogP contribution in [0.15, 0.2) is 0 Å². The molecule has 1 fully saturated rings. The zero-order valence-corrected chi connectivity index (χ0v) is 10.7. The second kappa shape index (κ2) is 2.87. The Kier molecular flexibility index (Phi) is 2.55. The van der Waals surface area contributed by atoms with Gasteiger partial charge in [-0.25, -0.2) is 0 Å². The van der Waals surface area contributed by atoms with Gasteiger partial charge in [-0.15, -0.1) is 0 Å².